The molecule has 166 valence electrons. The Morgan fingerprint density at radius 2 is 1.93 bits per heavy atom. The van der Waals surface area contributed by atoms with Gasteiger partial charge in [-0.05, 0) is 46.7 Å². The molecule has 3 rings (SSSR count). The average Bonchev–Trinajstić information content (AvgIpc) is 2.66. The molecule has 2 aliphatic heterocycles. The van der Waals surface area contributed by atoms with Crippen LogP contribution in [-0.4, -0.2) is 67.3 Å². The zero-order valence-electron chi connectivity index (χ0n) is 18.5. The molecule has 0 bridgehead atoms. The van der Waals surface area contributed by atoms with Crippen molar-refractivity contribution in [3.05, 3.63) is 29.3 Å². The molecule has 30 heavy (non-hydrogen) atoms. The third-order valence-corrected chi connectivity index (χ3v) is 5.66. The second kappa shape index (κ2) is 8.41. The van der Waals surface area contributed by atoms with E-state index in [0.29, 0.717) is 37.3 Å². The normalized spacial score (nSPS) is 20.9. The molecular formula is C22H32F2N4O2. The number of carbonyl (C=O) groups excluding carboxylic acids is 1. The number of ether oxygens (including phenoxy) is 1. The van der Waals surface area contributed by atoms with Gasteiger partial charge in [-0.15, -0.1) is 0 Å². The Kier molecular flexibility index (Phi) is 6.26. The summed E-state index contributed by atoms with van der Waals surface area (Å²) < 4.78 is 35.8. The van der Waals surface area contributed by atoms with Gasteiger partial charge in [-0.2, -0.15) is 0 Å². The highest BCUT2D eigenvalue weighted by Gasteiger charge is 2.30. The maximum absolute atomic E-state index is 15.3. The van der Waals surface area contributed by atoms with Gasteiger partial charge in [0.05, 0.1) is 16.9 Å². The van der Waals surface area contributed by atoms with Crippen molar-refractivity contribution in [1.29, 1.82) is 0 Å². The molecular weight excluding hydrogens is 390 g/mol. The summed E-state index contributed by atoms with van der Waals surface area (Å²) in [6.45, 7) is 10.0. The van der Waals surface area contributed by atoms with E-state index in [1.165, 1.54) is 11.0 Å². The Morgan fingerprint density at radius 1 is 1.23 bits per heavy atom. The number of hydrogen-bond donors (Lipinski definition) is 1. The summed E-state index contributed by atoms with van der Waals surface area (Å²) in [5.74, 6) is -1.44. The van der Waals surface area contributed by atoms with Crippen LogP contribution < -0.4 is 10.6 Å². The minimum atomic E-state index is -0.770. The molecule has 1 amide bonds. The Hall–Kier alpha value is -2.35. The lowest BCUT2D eigenvalue weighted by Crippen LogP contribution is -2.50. The molecule has 1 aromatic carbocycles. The van der Waals surface area contributed by atoms with E-state index in [1.54, 1.807) is 26.8 Å². The highest BCUT2D eigenvalue weighted by atomic mass is 19.1. The number of nitrogen functional groups attached to an aromatic ring is 1. The second-order valence-corrected chi connectivity index (χ2v) is 9.18. The summed E-state index contributed by atoms with van der Waals surface area (Å²) in [6, 6.07) is 1.58. The molecule has 1 saturated heterocycles. The van der Waals surface area contributed by atoms with Gasteiger partial charge >= 0.3 is 6.09 Å². The molecule has 2 heterocycles. The lowest BCUT2D eigenvalue weighted by atomic mass is 9.98. The molecule has 1 fully saturated rings. The molecule has 8 heteroatoms. The van der Waals surface area contributed by atoms with Crippen molar-refractivity contribution in [3.63, 3.8) is 0 Å². The van der Waals surface area contributed by atoms with Crippen molar-refractivity contribution in [2.45, 2.75) is 45.8 Å². The Morgan fingerprint density at radius 3 is 2.57 bits per heavy atom. The van der Waals surface area contributed by atoms with Crippen LogP contribution >= 0.6 is 0 Å². The first kappa shape index (κ1) is 22.3. The highest BCUT2D eigenvalue weighted by molar-refractivity contribution is 5.80. The number of benzene rings is 1. The Labute approximate surface area is 177 Å². The van der Waals surface area contributed by atoms with Gasteiger partial charge < -0.3 is 25.2 Å². The molecule has 1 unspecified atom stereocenters. The third-order valence-electron chi connectivity index (χ3n) is 5.66. The molecule has 0 aliphatic carbocycles. The van der Waals surface area contributed by atoms with E-state index in [-0.39, 0.29) is 23.8 Å². The number of halogens is 2. The predicted molar refractivity (Wildman–Crippen MR) is 115 cm³/mol. The molecule has 1 aromatic rings. The largest absolute Gasteiger partial charge is 0.444 e. The van der Waals surface area contributed by atoms with Crippen LogP contribution in [0.25, 0.3) is 5.57 Å². The van der Waals surface area contributed by atoms with Crippen LogP contribution in [0.2, 0.25) is 0 Å². The van der Waals surface area contributed by atoms with Gasteiger partial charge in [-0.3, -0.25) is 0 Å². The van der Waals surface area contributed by atoms with Crippen molar-refractivity contribution in [2.24, 2.45) is 0 Å². The fourth-order valence-electron chi connectivity index (χ4n) is 3.85. The number of rotatable bonds is 2. The first-order valence-electron chi connectivity index (χ1n) is 10.4. The fourth-order valence-corrected chi connectivity index (χ4v) is 3.85. The topological polar surface area (TPSA) is 62.0 Å². The first-order chi connectivity index (χ1) is 14.0. The number of amides is 1. The Bertz CT molecular complexity index is 851. The predicted octanol–water partition coefficient (Wildman–Crippen LogP) is 3.71. The smallest absolute Gasteiger partial charge is 0.410 e. The quantitative estimate of drug-likeness (QED) is 0.737. The number of likely N-dealkylation sites (N-methyl/N-ethyl adjacent to an activating group) is 1. The van der Waals surface area contributed by atoms with E-state index < -0.39 is 23.3 Å². The van der Waals surface area contributed by atoms with Crippen LogP contribution in [0.15, 0.2) is 12.1 Å². The number of hydrogen-bond acceptors (Lipinski definition) is 5. The van der Waals surface area contributed by atoms with Crippen molar-refractivity contribution >= 4 is 23.0 Å². The molecule has 0 aromatic heterocycles. The molecule has 0 spiro atoms. The number of nitrogens with two attached hydrogens (primary N) is 1. The van der Waals surface area contributed by atoms with E-state index in [4.69, 9.17) is 10.5 Å². The molecule has 2 N–H and O–H groups in total. The maximum Gasteiger partial charge on any atom is 0.410 e. The molecule has 2 aliphatic rings. The number of nitrogens with zero attached hydrogens (tertiary/aromatic N) is 3. The summed E-state index contributed by atoms with van der Waals surface area (Å²) in [4.78, 5) is 18.0. The summed E-state index contributed by atoms with van der Waals surface area (Å²) in [5.41, 5.74) is 6.06. The minimum Gasteiger partial charge on any atom is -0.444 e. The average molecular weight is 423 g/mol. The first-order valence-corrected chi connectivity index (χ1v) is 10.4. The maximum atomic E-state index is 15.3. The van der Waals surface area contributed by atoms with Gasteiger partial charge in [0.1, 0.15) is 11.4 Å². The molecule has 6 nitrogen and oxygen atoms in total. The lowest BCUT2D eigenvalue weighted by molar-refractivity contribution is 0.0272. The monoisotopic (exact) mass is 422 g/mol. The van der Waals surface area contributed by atoms with Gasteiger partial charge in [0.25, 0.3) is 0 Å². The van der Waals surface area contributed by atoms with Crippen LogP contribution in [0.1, 0.15) is 39.7 Å². The van der Waals surface area contributed by atoms with Crippen LogP contribution in [0.3, 0.4) is 0 Å². The van der Waals surface area contributed by atoms with E-state index in [0.717, 1.165) is 6.54 Å². The zero-order chi connectivity index (χ0) is 22.2. The second-order valence-electron chi connectivity index (χ2n) is 9.18. The van der Waals surface area contributed by atoms with Crippen LogP contribution in [0.4, 0.5) is 25.0 Å². The molecule has 0 saturated carbocycles. The van der Waals surface area contributed by atoms with Crippen molar-refractivity contribution in [2.75, 3.05) is 50.4 Å². The van der Waals surface area contributed by atoms with Crippen molar-refractivity contribution < 1.29 is 18.3 Å². The minimum absolute atomic E-state index is 0.0570. The lowest BCUT2D eigenvalue weighted by Gasteiger charge is -2.39. The summed E-state index contributed by atoms with van der Waals surface area (Å²) in [5, 5.41) is 0. The zero-order valence-corrected chi connectivity index (χ0v) is 18.5. The third kappa shape index (κ3) is 4.69. The highest BCUT2D eigenvalue weighted by Crippen LogP contribution is 2.36. The van der Waals surface area contributed by atoms with Gasteiger partial charge in [0.2, 0.25) is 0 Å². The number of carbonyl (C=O) groups is 1. The van der Waals surface area contributed by atoms with E-state index >= 15 is 8.78 Å². The van der Waals surface area contributed by atoms with Crippen molar-refractivity contribution in [1.82, 2.24) is 9.80 Å². The fraction of sp³-hybridized carbons (Fsp3) is 0.591. The van der Waals surface area contributed by atoms with Crippen LogP contribution in [0, 0.1) is 11.6 Å². The van der Waals surface area contributed by atoms with Crippen molar-refractivity contribution in [3.8, 4) is 0 Å². The summed E-state index contributed by atoms with van der Waals surface area (Å²) >= 11 is 0. The number of piperazine rings is 1. The summed E-state index contributed by atoms with van der Waals surface area (Å²) in [6.07, 6.45) is 1.76. The SMILES string of the molecule is CC1CN(c2cc(F)c(C3=CCCN(C(=O)OC(C)(C)C)C3)c(F)c2N)CCN1C. The standard InChI is InChI=1S/C22H32F2N4O2/c1-14-12-27(10-9-26(14)5)17-11-16(23)18(19(24)20(17)25)15-7-6-8-28(13-15)21(29)30-22(2,3)4/h7,11,14H,6,8-10,12-13,25H2,1-5H3. The number of anilines is 2. The van der Waals surface area contributed by atoms with Gasteiger partial charge in [0, 0.05) is 44.8 Å². The van der Waals surface area contributed by atoms with E-state index in [9.17, 15) is 4.79 Å². The van der Waals surface area contributed by atoms with Gasteiger partial charge in [-0.1, -0.05) is 6.08 Å². The Balaban J connectivity index is 1.86. The van der Waals surface area contributed by atoms with Gasteiger partial charge in [-0.25, -0.2) is 13.6 Å². The van der Waals surface area contributed by atoms with Crippen LogP contribution in [-0.2, 0) is 4.74 Å². The van der Waals surface area contributed by atoms with E-state index in [2.05, 4.69) is 11.8 Å². The van der Waals surface area contributed by atoms with E-state index in [1.807, 2.05) is 11.9 Å². The summed E-state index contributed by atoms with van der Waals surface area (Å²) in [7, 11) is 2.03. The molecule has 1 atom stereocenters. The molecule has 0 radical (unpaired) electrons. The van der Waals surface area contributed by atoms with Crippen LogP contribution in [0.5, 0.6) is 0 Å². The van der Waals surface area contributed by atoms with Gasteiger partial charge in [0.15, 0.2) is 5.82 Å².